The van der Waals surface area contributed by atoms with E-state index >= 15 is 0 Å². The molecule has 0 spiro atoms. The van der Waals surface area contributed by atoms with Gasteiger partial charge in [0.25, 0.3) is 5.91 Å². The van der Waals surface area contributed by atoms with Crippen molar-refractivity contribution in [3.8, 4) is 5.75 Å². The van der Waals surface area contributed by atoms with Crippen LogP contribution in [0.25, 0.3) is 0 Å². The van der Waals surface area contributed by atoms with E-state index in [4.69, 9.17) is 16.3 Å². The lowest BCUT2D eigenvalue weighted by Gasteiger charge is -2.25. The highest BCUT2D eigenvalue weighted by molar-refractivity contribution is 6.30. The minimum atomic E-state index is -1.33. The number of hydrogen-bond donors (Lipinski definition) is 2. The van der Waals surface area contributed by atoms with E-state index in [1.54, 1.807) is 36.4 Å². The van der Waals surface area contributed by atoms with Crippen LogP contribution in [-0.2, 0) is 4.79 Å². The van der Waals surface area contributed by atoms with E-state index in [2.05, 4.69) is 5.32 Å². The maximum atomic E-state index is 12.2. The topological polar surface area (TPSA) is 58.6 Å². The number of nitrogens with one attached hydrogen (secondary N) is 1. The van der Waals surface area contributed by atoms with Gasteiger partial charge >= 0.3 is 0 Å². The second-order valence-electron chi connectivity index (χ2n) is 5.51. The Morgan fingerprint density at radius 3 is 2.43 bits per heavy atom. The quantitative estimate of drug-likeness (QED) is 0.852. The SMILES string of the molecule is CC(C)NC(=O)C(O)C(Oc1cccc(Cl)c1)c1ccccc1. The molecule has 4 nitrogen and oxygen atoms in total. The van der Waals surface area contributed by atoms with Crippen molar-refractivity contribution < 1.29 is 14.6 Å². The number of carbonyl (C=O) groups is 1. The van der Waals surface area contributed by atoms with Gasteiger partial charge in [-0.1, -0.05) is 48.0 Å². The standard InChI is InChI=1S/C18H20ClNO3/c1-12(2)20-18(22)16(21)17(13-7-4-3-5-8-13)23-15-10-6-9-14(19)11-15/h3-12,16-17,21H,1-2H3,(H,20,22). The molecule has 2 aromatic carbocycles. The fraction of sp³-hybridized carbons (Fsp3) is 0.278. The van der Waals surface area contributed by atoms with Gasteiger partial charge in [-0.15, -0.1) is 0 Å². The van der Waals surface area contributed by atoms with Gasteiger partial charge < -0.3 is 15.2 Å². The molecule has 0 fully saturated rings. The van der Waals surface area contributed by atoms with Gasteiger partial charge in [-0.25, -0.2) is 0 Å². The van der Waals surface area contributed by atoms with Crippen LogP contribution in [0.4, 0.5) is 0 Å². The molecule has 0 radical (unpaired) electrons. The molecule has 5 heteroatoms. The second kappa shape index (κ2) is 7.99. The van der Waals surface area contributed by atoms with Crippen molar-refractivity contribution in [2.45, 2.75) is 32.1 Å². The molecule has 0 aliphatic heterocycles. The van der Waals surface area contributed by atoms with Crippen LogP contribution in [-0.4, -0.2) is 23.2 Å². The van der Waals surface area contributed by atoms with Gasteiger partial charge in [0, 0.05) is 11.1 Å². The van der Waals surface area contributed by atoms with Gasteiger partial charge in [-0.05, 0) is 37.6 Å². The zero-order valence-electron chi connectivity index (χ0n) is 13.1. The molecular formula is C18H20ClNO3. The summed E-state index contributed by atoms with van der Waals surface area (Å²) in [5.41, 5.74) is 0.707. The predicted octanol–water partition coefficient (Wildman–Crippen LogP) is 3.35. The molecule has 0 aliphatic rings. The summed E-state index contributed by atoms with van der Waals surface area (Å²) in [4.78, 5) is 12.2. The molecule has 122 valence electrons. The maximum absolute atomic E-state index is 12.2. The zero-order valence-corrected chi connectivity index (χ0v) is 13.8. The molecule has 2 aromatic rings. The van der Waals surface area contributed by atoms with Crippen LogP contribution in [0.3, 0.4) is 0 Å². The Kier molecular flexibility index (Phi) is 6.02. The molecule has 2 atom stereocenters. The van der Waals surface area contributed by atoms with Crippen molar-refractivity contribution >= 4 is 17.5 Å². The van der Waals surface area contributed by atoms with Crippen molar-refractivity contribution in [1.29, 1.82) is 0 Å². The third kappa shape index (κ3) is 4.98. The summed E-state index contributed by atoms with van der Waals surface area (Å²) >= 11 is 5.96. The molecule has 0 bridgehead atoms. The number of ether oxygens (including phenoxy) is 1. The van der Waals surface area contributed by atoms with Crippen molar-refractivity contribution in [2.24, 2.45) is 0 Å². The summed E-state index contributed by atoms with van der Waals surface area (Å²) in [6.07, 6.45) is -2.16. The van der Waals surface area contributed by atoms with Crippen LogP contribution in [0, 0.1) is 0 Å². The van der Waals surface area contributed by atoms with Gasteiger partial charge in [0.15, 0.2) is 12.2 Å². The Hall–Kier alpha value is -2.04. The van der Waals surface area contributed by atoms with E-state index in [-0.39, 0.29) is 6.04 Å². The van der Waals surface area contributed by atoms with Gasteiger partial charge in [0.05, 0.1) is 0 Å². The summed E-state index contributed by atoms with van der Waals surface area (Å²) < 4.78 is 5.85. The second-order valence-corrected chi connectivity index (χ2v) is 5.95. The third-order valence-corrected chi connectivity index (χ3v) is 3.41. The van der Waals surface area contributed by atoms with Crippen molar-refractivity contribution in [2.75, 3.05) is 0 Å². The monoisotopic (exact) mass is 333 g/mol. The average molecular weight is 334 g/mol. The number of aliphatic hydroxyl groups excluding tert-OH is 1. The van der Waals surface area contributed by atoms with E-state index in [0.717, 1.165) is 0 Å². The molecule has 0 heterocycles. The molecule has 2 rings (SSSR count). The van der Waals surface area contributed by atoms with Crippen LogP contribution >= 0.6 is 11.6 Å². The number of hydrogen-bond acceptors (Lipinski definition) is 3. The predicted molar refractivity (Wildman–Crippen MR) is 90.5 cm³/mol. The average Bonchev–Trinajstić information content (AvgIpc) is 2.52. The van der Waals surface area contributed by atoms with Gasteiger partial charge in [-0.3, -0.25) is 4.79 Å². The van der Waals surface area contributed by atoms with Crippen molar-refractivity contribution in [3.05, 3.63) is 65.2 Å². The van der Waals surface area contributed by atoms with E-state index in [1.807, 2.05) is 32.0 Å². The van der Waals surface area contributed by atoms with Crippen LogP contribution < -0.4 is 10.1 Å². The van der Waals surface area contributed by atoms with Crippen LogP contribution in [0.1, 0.15) is 25.5 Å². The number of aliphatic hydroxyl groups is 1. The molecule has 2 N–H and O–H groups in total. The normalized spacial score (nSPS) is 13.4. The first-order valence-corrected chi connectivity index (χ1v) is 7.81. The Morgan fingerprint density at radius 1 is 1.13 bits per heavy atom. The lowest BCUT2D eigenvalue weighted by molar-refractivity contribution is -0.134. The molecule has 0 saturated heterocycles. The first-order chi connectivity index (χ1) is 11.0. The molecule has 0 saturated carbocycles. The highest BCUT2D eigenvalue weighted by Crippen LogP contribution is 2.27. The lowest BCUT2D eigenvalue weighted by atomic mass is 10.0. The lowest BCUT2D eigenvalue weighted by Crippen LogP contribution is -2.43. The van der Waals surface area contributed by atoms with E-state index in [9.17, 15) is 9.90 Å². The fourth-order valence-corrected chi connectivity index (χ4v) is 2.33. The van der Waals surface area contributed by atoms with Crippen LogP contribution in [0.2, 0.25) is 5.02 Å². The zero-order chi connectivity index (χ0) is 16.8. The molecule has 1 amide bonds. The smallest absolute Gasteiger partial charge is 0.253 e. The summed E-state index contributed by atoms with van der Waals surface area (Å²) in [5, 5.41) is 13.7. The van der Waals surface area contributed by atoms with Crippen LogP contribution in [0.15, 0.2) is 54.6 Å². The Balaban J connectivity index is 2.27. The number of rotatable bonds is 6. The van der Waals surface area contributed by atoms with E-state index < -0.39 is 18.1 Å². The summed E-state index contributed by atoms with van der Waals surface area (Å²) in [7, 11) is 0. The minimum absolute atomic E-state index is 0.0697. The van der Waals surface area contributed by atoms with Gasteiger partial charge in [0.1, 0.15) is 5.75 Å². The Bertz CT molecular complexity index is 646. The summed E-state index contributed by atoms with van der Waals surface area (Å²) in [6.45, 7) is 3.67. The van der Waals surface area contributed by atoms with Gasteiger partial charge in [-0.2, -0.15) is 0 Å². The van der Waals surface area contributed by atoms with Gasteiger partial charge in [0.2, 0.25) is 0 Å². The number of halogens is 1. The number of carbonyl (C=O) groups excluding carboxylic acids is 1. The van der Waals surface area contributed by atoms with Crippen LogP contribution in [0.5, 0.6) is 5.75 Å². The fourth-order valence-electron chi connectivity index (χ4n) is 2.15. The largest absolute Gasteiger partial charge is 0.482 e. The molecule has 0 aromatic heterocycles. The van der Waals surface area contributed by atoms with E-state index in [1.165, 1.54) is 0 Å². The number of amides is 1. The molecular weight excluding hydrogens is 314 g/mol. The molecule has 0 aliphatic carbocycles. The summed E-state index contributed by atoms with van der Waals surface area (Å²) in [5.74, 6) is 0.0126. The Labute approximate surface area is 141 Å². The summed E-state index contributed by atoms with van der Waals surface area (Å²) in [6, 6.07) is 15.9. The highest BCUT2D eigenvalue weighted by atomic mass is 35.5. The third-order valence-electron chi connectivity index (χ3n) is 3.17. The highest BCUT2D eigenvalue weighted by Gasteiger charge is 2.29. The molecule has 2 unspecified atom stereocenters. The van der Waals surface area contributed by atoms with E-state index in [0.29, 0.717) is 16.3 Å². The first-order valence-electron chi connectivity index (χ1n) is 7.43. The number of benzene rings is 2. The maximum Gasteiger partial charge on any atom is 0.253 e. The molecule has 23 heavy (non-hydrogen) atoms. The Morgan fingerprint density at radius 2 is 1.83 bits per heavy atom. The first kappa shape index (κ1) is 17.3. The van der Waals surface area contributed by atoms with Crippen molar-refractivity contribution in [3.63, 3.8) is 0 Å². The van der Waals surface area contributed by atoms with Crippen molar-refractivity contribution in [1.82, 2.24) is 5.32 Å². The minimum Gasteiger partial charge on any atom is -0.482 e.